The third kappa shape index (κ3) is 3.15. The average Bonchev–Trinajstić information content (AvgIpc) is 2.92. The molecule has 1 saturated heterocycles. The molecule has 0 saturated carbocycles. The highest BCUT2D eigenvalue weighted by atomic mass is 16.5. The van der Waals surface area contributed by atoms with Gasteiger partial charge in [0, 0.05) is 37.8 Å². The van der Waals surface area contributed by atoms with E-state index in [9.17, 15) is 0 Å². The lowest BCUT2D eigenvalue weighted by molar-refractivity contribution is 0.181. The number of anilines is 1. The van der Waals surface area contributed by atoms with Gasteiger partial charge in [0.2, 0.25) is 0 Å². The molecule has 0 bridgehead atoms. The average molecular weight is 250 g/mol. The van der Waals surface area contributed by atoms with Gasteiger partial charge in [0.05, 0.1) is 13.7 Å². The first-order chi connectivity index (χ1) is 8.70. The van der Waals surface area contributed by atoms with E-state index in [1.165, 1.54) is 0 Å². The van der Waals surface area contributed by atoms with Crippen molar-refractivity contribution in [3.05, 3.63) is 24.3 Å². The van der Waals surface area contributed by atoms with Crippen LogP contribution in [-0.4, -0.2) is 40.0 Å². The van der Waals surface area contributed by atoms with Crippen molar-refractivity contribution >= 4 is 5.69 Å². The summed E-state index contributed by atoms with van der Waals surface area (Å²) >= 11 is 0. The highest BCUT2D eigenvalue weighted by Crippen LogP contribution is 2.20. The van der Waals surface area contributed by atoms with Crippen LogP contribution in [0.25, 0.3) is 0 Å². The van der Waals surface area contributed by atoms with Crippen molar-refractivity contribution < 1.29 is 9.47 Å². The van der Waals surface area contributed by atoms with Crippen LogP contribution in [0.5, 0.6) is 5.75 Å². The fraction of sp³-hybridized carbons (Fsp3) is 0.571. The van der Waals surface area contributed by atoms with Crippen molar-refractivity contribution in [1.29, 1.82) is 0 Å². The molecular formula is C14H22N2O2. The number of rotatable bonds is 5. The minimum atomic E-state index is 0.166. The lowest BCUT2D eigenvalue weighted by atomic mass is 9.99. The van der Waals surface area contributed by atoms with Crippen LogP contribution in [-0.2, 0) is 4.74 Å². The number of likely N-dealkylation sites (N-methyl/N-ethyl adjacent to an activating group) is 1. The molecule has 0 amide bonds. The summed E-state index contributed by atoms with van der Waals surface area (Å²) in [7, 11) is 3.74. The molecule has 1 aromatic rings. The number of hydrogen-bond acceptors (Lipinski definition) is 4. The van der Waals surface area contributed by atoms with Crippen molar-refractivity contribution in [2.75, 3.05) is 38.8 Å². The highest BCUT2D eigenvalue weighted by molar-refractivity contribution is 5.48. The van der Waals surface area contributed by atoms with Gasteiger partial charge in [-0.05, 0) is 30.7 Å². The van der Waals surface area contributed by atoms with Crippen molar-refractivity contribution in [3.63, 3.8) is 0 Å². The molecule has 1 heterocycles. The zero-order chi connectivity index (χ0) is 13.0. The van der Waals surface area contributed by atoms with Gasteiger partial charge < -0.3 is 20.1 Å². The third-order valence-corrected chi connectivity index (χ3v) is 3.57. The molecule has 4 nitrogen and oxygen atoms in total. The molecule has 2 rings (SSSR count). The standard InChI is InChI=1S/C14H22N2O2/c1-16(9-14(15)11-7-8-18-10-11)12-3-5-13(17-2)6-4-12/h3-6,11,14H,7-10,15H2,1-2H3. The largest absolute Gasteiger partial charge is 0.497 e. The summed E-state index contributed by atoms with van der Waals surface area (Å²) in [6.45, 7) is 2.50. The molecule has 4 heteroatoms. The van der Waals surface area contributed by atoms with E-state index in [0.29, 0.717) is 5.92 Å². The first-order valence-corrected chi connectivity index (χ1v) is 6.39. The van der Waals surface area contributed by atoms with E-state index in [2.05, 4.69) is 24.1 Å². The Balaban J connectivity index is 1.91. The second-order valence-electron chi connectivity index (χ2n) is 4.87. The summed E-state index contributed by atoms with van der Waals surface area (Å²) in [6, 6.07) is 8.21. The minimum absolute atomic E-state index is 0.166. The van der Waals surface area contributed by atoms with Crippen LogP contribution in [0.3, 0.4) is 0 Å². The van der Waals surface area contributed by atoms with Crippen LogP contribution >= 0.6 is 0 Å². The molecule has 1 aliphatic rings. The van der Waals surface area contributed by atoms with Crippen LogP contribution in [0, 0.1) is 5.92 Å². The third-order valence-electron chi connectivity index (χ3n) is 3.57. The molecular weight excluding hydrogens is 228 g/mol. The first-order valence-electron chi connectivity index (χ1n) is 6.39. The topological polar surface area (TPSA) is 47.7 Å². The quantitative estimate of drug-likeness (QED) is 0.860. The van der Waals surface area contributed by atoms with E-state index < -0.39 is 0 Å². The van der Waals surface area contributed by atoms with E-state index in [-0.39, 0.29) is 6.04 Å². The van der Waals surface area contributed by atoms with E-state index in [1.54, 1.807) is 7.11 Å². The van der Waals surface area contributed by atoms with E-state index in [1.807, 2.05) is 12.1 Å². The van der Waals surface area contributed by atoms with Crippen LogP contribution < -0.4 is 15.4 Å². The summed E-state index contributed by atoms with van der Waals surface area (Å²) in [5, 5.41) is 0. The fourth-order valence-electron chi connectivity index (χ4n) is 2.30. The predicted molar refractivity (Wildman–Crippen MR) is 73.2 cm³/mol. The molecule has 2 atom stereocenters. The molecule has 1 fully saturated rings. The van der Waals surface area contributed by atoms with Gasteiger partial charge in [0.1, 0.15) is 5.75 Å². The first kappa shape index (κ1) is 13.2. The number of methoxy groups -OCH3 is 1. The molecule has 0 radical (unpaired) electrons. The Bertz CT molecular complexity index is 361. The van der Waals surface area contributed by atoms with Crippen LogP contribution in [0.4, 0.5) is 5.69 Å². The lowest BCUT2D eigenvalue weighted by Gasteiger charge is -2.26. The number of ether oxygens (including phenoxy) is 2. The van der Waals surface area contributed by atoms with Crippen LogP contribution in [0.1, 0.15) is 6.42 Å². The van der Waals surface area contributed by atoms with Crippen molar-refractivity contribution in [2.24, 2.45) is 11.7 Å². The maximum Gasteiger partial charge on any atom is 0.119 e. The molecule has 2 N–H and O–H groups in total. The Labute approximate surface area is 109 Å². The molecule has 0 spiro atoms. The monoisotopic (exact) mass is 250 g/mol. The minimum Gasteiger partial charge on any atom is -0.497 e. The SMILES string of the molecule is COc1ccc(N(C)CC(N)C2CCOC2)cc1. The molecule has 1 aliphatic heterocycles. The van der Waals surface area contributed by atoms with Crippen LogP contribution in [0.2, 0.25) is 0 Å². The Kier molecular flexibility index (Phi) is 4.44. The van der Waals surface area contributed by atoms with Gasteiger partial charge in [-0.2, -0.15) is 0 Å². The predicted octanol–water partition coefficient (Wildman–Crippen LogP) is 1.50. The Hall–Kier alpha value is -1.26. The summed E-state index contributed by atoms with van der Waals surface area (Å²) < 4.78 is 10.5. The van der Waals surface area contributed by atoms with E-state index in [0.717, 1.165) is 37.6 Å². The maximum absolute atomic E-state index is 6.23. The Morgan fingerprint density at radius 3 is 2.72 bits per heavy atom. The van der Waals surface area contributed by atoms with Crippen LogP contribution in [0.15, 0.2) is 24.3 Å². The molecule has 2 unspecified atom stereocenters. The molecule has 0 aromatic heterocycles. The summed E-state index contributed by atoms with van der Waals surface area (Å²) in [4.78, 5) is 2.18. The second-order valence-corrected chi connectivity index (χ2v) is 4.87. The Morgan fingerprint density at radius 1 is 1.44 bits per heavy atom. The number of hydrogen-bond donors (Lipinski definition) is 1. The van der Waals surface area contributed by atoms with Crippen molar-refractivity contribution in [3.8, 4) is 5.75 Å². The lowest BCUT2D eigenvalue weighted by Crippen LogP contribution is -2.41. The molecule has 0 aliphatic carbocycles. The summed E-state index contributed by atoms with van der Waals surface area (Å²) in [5.41, 5.74) is 7.38. The van der Waals surface area contributed by atoms with Crippen molar-refractivity contribution in [2.45, 2.75) is 12.5 Å². The van der Waals surface area contributed by atoms with E-state index in [4.69, 9.17) is 15.2 Å². The van der Waals surface area contributed by atoms with Gasteiger partial charge >= 0.3 is 0 Å². The van der Waals surface area contributed by atoms with E-state index >= 15 is 0 Å². The number of nitrogens with zero attached hydrogens (tertiary/aromatic N) is 1. The maximum atomic E-state index is 6.23. The van der Waals surface area contributed by atoms with Gasteiger partial charge in [-0.1, -0.05) is 0 Å². The van der Waals surface area contributed by atoms with Gasteiger partial charge in [0.15, 0.2) is 0 Å². The number of benzene rings is 1. The van der Waals surface area contributed by atoms with Gasteiger partial charge in [-0.15, -0.1) is 0 Å². The Morgan fingerprint density at radius 2 is 2.17 bits per heavy atom. The normalized spacial score (nSPS) is 20.7. The van der Waals surface area contributed by atoms with Gasteiger partial charge in [-0.25, -0.2) is 0 Å². The highest BCUT2D eigenvalue weighted by Gasteiger charge is 2.23. The summed E-state index contributed by atoms with van der Waals surface area (Å²) in [6.07, 6.45) is 1.08. The smallest absolute Gasteiger partial charge is 0.119 e. The summed E-state index contributed by atoms with van der Waals surface area (Å²) in [5.74, 6) is 1.37. The second kappa shape index (κ2) is 6.07. The molecule has 100 valence electrons. The van der Waals surface area contributed by atoms with Gasteiger partial charge in [0.25, 0.3) is 0 Å². The fourth-order valence-corrected chi connectivity index (χ4v) is 2.30. The number of nitrogens with two attached hydrogens (primary N) is 1. The van der Waals surface area contributed by atoms with Crippen molar-refractivity contribution in [1.82, 2.24) is 0 Å². The zero-order valence-corrected chi connectivity index (χ0v) is 11.1. The zero-order valence-electron chi connectivity index (χ0n) is 11.1. The molecule has 18 heavy (non-hydrogen) atoms. The van der Waals surface area contributed by atoms with Gasteiger partial charge in [-0.3, -0.25) is 0 Å². The molecule has 1 aromatic carbocycles.